The molecule has 0 unspecified atom stereocenters. The van der Waals surface area contributed by atoms with Crippen LogP contribution in [0.4, 0.5) is 23.0 Å². The Morgan fingerprint density at radius 3 is 2.31 bits per heavy atom. The first-order valence-electron chi connectivity index (χ1n) is 8.70. The fourth-order valence-electron chi connectivity index (χ4n) is 2.80. The molecule has 5 nitrogen and oxygen atoms in total. The number of aromatic nitrogens is 2. The highest BCUT2D eigenvalue weighted by Gasteiger charge is 2.22. The average Bonchev–Trinajstić information content (AvgIpc) is 3.49. The van der Waals surface area contributed by atoms with Crippen molar-refractivity contribution in [2.45, 2.75) is 23.7 Å². The molecule has 2 aromatic carbocycles. The summed E-state index contributed by atoms with van der Waals surface area (Å²) >= 11 is 1.58. The van der Waals surface area contributed by atoms with Crippen LogP contribution in [0.15, 0.2) is 65.8 Å². The van der Waals surface area contributed by atoms with E-state index in [2.05, 4.69) is 61.7 Å². The molecule has 3 aromatic rings. The highest BCUT2D eigenvalue weighted by molar-refractivity contribution is 7.97. The minimum atomic E-state index is 0.753. The fraction of sp³-hybridized carbons (Fsp3) is 0.200. The third-order valence-electron chi connectivity index (χ3n) is 4.23. The van der Waals surface area contributed by atoms with Crippen LogP contribution in [0.2, 0.25) is 0 Å². The van der Waals surface area contributed by atoms with Gasteiger partial charge in [-0.15, -0.1) is 0 Å². The van der Waals surface area contributed by atoms with Crippen molar-refractivity contribution >= 4 is 35.0 Å². The van der Waals surface area contributed by atoms with Gasteiger partial charge < -0.3 is 10.6 Å². The molecule has 4 rings (SSSR count). The van der Waals surface area contributed by atoms with Crippen molar-refractivity contribution in [1.29, 1.82) is 0 Å². The summed E-state index contributed by atoms with van der Waals surface area (Å²) in [6.07, 6.45) is 4.21. The molecule has 0 radical (unpaired) electrons. The molecule has 0 aliphatic heterocycles. The normalized spacial score (nSPS) is 13.4. The summed E-state index contributed by atoms with van der Waals surface area (Å²) in [4.78, 5) is 9.77. The monoisotopic (exact) mass is 363 g/mol. The lowest BCUT2D eigenvalue weighted by Gasteiger charge is -2.10. The Balaban J connectivity index is 1.45. The predicted molar refractivity (Wildman–Crippen MR) is 108 cm³/mol. The first-order valence-corrected chi connectivity index (χ1v) is 9.51. The summed E-state index contributed by atoms with van der Waals surface area (Å²) in [5.41, 5.74) is 3.45. The van der Waals surface area contributed by atoms with Crippen LogP contribution < -0.4 is 15.4 Å². The van der Waals surface area contributed by atoms with Crippen LogP contribution in [0.25, 0.3) is 0 Å². The van der Waals surface area contributed by atoms with Crippen molar-refractivity contribution < 1.29 is 0 Å². The predicted octanol–water partition coefficient (Wildman–Crippen LogP) is 5.07. The van der Waals surface area contributed by atoms with Crippen molar-refractivity contribution in [2.75, 3.05) is 17.7 Å². The maximum absolute atomic E-state index is 4.32. The van der Waals surface area contributed by atoms with Gasteiger partial charge in [-0.3, -0.25) is 4.72 Å². The Labute approximate surface area is 157 Å². The molecule has 1 aromatic heterocycles. The van der Waals surface area contributed by atoms with Gasteiger partial charge in [0, 0.05) is 22.3 Å². The van der Waals surface area contributed by atoms with Gasteiger partial charge in [-0.2, -0.15) is 0 Å². The molecule has 6 heteroatoms. The zero-order chi connectivity index (χ0) is 17.8. The number of hydrogen-bond donors (Lipinski definition) is 3. The van der Waals surface area contributed by atoms with Crippen LogP contribution in [0.3, 0.4) is 0 Å². The van der Waals surface area contributed by atoms with Crippen molar-refractivity contribution in [2.24, 2.45) is 0 Å². The van der Waals surface area contributed by atoms with E-state index in [0.717, 1.165) is 33.8 Å². The van der Waals surface area contributed by atoms with E-state index in [1.54, 1.807) is 18.3 Å². The molecule has 0 bridgehead atoms. The van der Waals surface area contributed by atoms with E-state index < -0.39 is 0 Å². The molecule has 3 N–H and O–H groups in total. The van der Waals surface area contributed by atoms with Crippen molar-refractivity contribution in [3.05, 3.63) is 66.5 Å². The number of nitrogens with one attached hydrogen (secondary N) is 3. The van der Waals surface area contributed by atoms with E-state index in [4.69, 9.17) is 0 Å². The Bertz CT molecular complexity index is 877. The Morgan fingerprint density at radius 1 is 0.885 bits per heavy atom. The molecule has 26 heavy (non-hydrogen) atoms. The van der Waals surface area contributed by atoms with E-state index in [1.165, 1.54) is 18.4 Å². The lowest BCUT2D eigenvalue weighted by Crippen LogP contribution is -1.99. The molecule has 132 valence electrons. The topological polar surface area (TPSA) is 61.9 Å². The van der Waals surface area contributed by atoms with Gasteiger partial charge in [-0.05, 0) is 73.7 Å². The van der Waals surface area contributed by atoms with Gasteiger partial charge in [-0.1, -0.05) is 18.2 Å². The Morgan fingerprint density at radius 2 is 1.62 bits per heavy atom. The van der Waals surface area contributed by atoms with Gasteiger partial charge in [-0.25, -0.2) is 9.97 Å². The molecule has 1 fully saturated rings. The van der Waals surface area contributed by atoms with E-state index >= 15 is 0 Å². The third-order valence-corrected chi connectivity index (χ3v) is 4.92. The summed E-state index contributed by atoms with van der Waals surface area (Å²) in [6.45, 7) is 0. The van der Waals surface area contributed by atoms with Crippen LogP contribution in [-0.2, 0) is 0 Å². The second-order valence-electron chi connectivity index (χ2n) is 6.27. The van der Waals surface area contributed by atoms with Crippen molar-refractivity contribution in [3.8, 4) is 0 Å². The first-order chi connectivity index (χ1) is 12.8. The van der Waals surface area contributed by atoms with Crippen LogP contribution in [0.1, 0.15) is 24.3 Å². The zero-order valence-corrected chi connectivity index (χ0v) is 15.4. The molecule has 0 amide bonds. The summed E-state index contributed by atoms with van der Waals surface area (Å²) in [7, 11) is 1.91. The number of anilines is 4. The standard InChI is InChI=1S/C20H21N5S/c1-21-26-18-4-2-3-17(11-18)25-20-12-19(22-13-23-20)24-16-9-7-15(8-10-16)14-5-6-14/h2-4,7-14,21H,5-6H2,1H3,(H2,22,23,24,25). The maximum Gasteiger partial charge on any atom is 0.135 e. The van der Waals surface area contributed by atoms with E-state index in [-0.39, 0.29) is 0 Å². The van der Waals surface area contributed by atoms with E-state index in [1.807, 2.05) is 25.2 Å². The summed E-state index contributed by atoms with van der Waals surface area (Å²) in [5, 5.41) is 6.67. The number of rotatable bonds is 7. The molecular weight excluding hydrogens is 342 g/mol. The largest absolute Gasteiger partial charge is 0.340 e. The highest BCUT2D eigenvalue weighted by Crippen LogP contribution is 2.40. The van der Waals surface area contributed by atoms with Crippen LogP contribution >= 0.6 is 11.9 Å². The van der Waals surface area contributed by atoms with Gasteiger partial charge >= 0.3 is 0 Å². The Hall–Kier alpha value is -2.57. The SMILES string of the molecule is CNSc1cccc(Nc2cc(Nc3ccc(C4CC4)cc3)ncn2)c1. The molecule has 0 spiro atoms. The van der Waals surface area contributed by atoms with Gasteiger partial charge in [0.05, 0.1) is 0 Å². The summed E-state index contributed by atoms with van der Waals surface area (Å²) in [5.74, 6) is 2.29. The fourth-order valence-corrected chi connectivity index (χ4v) is 3.37. The van der Waals surface area contributed by atoms with Gasteiger partial charge in [0.2, 0.25) is 0 Å². The number of nitrogens with zero attached hydrogens (tertiary/aromatic N) is 2. The summed E-state index contributed by atoms with van der Waals surface area (Å²) in [6, 6.07) is 18.7. The molecule has 1 aliphatic carbocycles. The lowest BCUT2D eigenvalue weighted by molar-refractivity contribution is 1.13. The molecule has 1 saturated carbocycles. The van der Waals surface area contributed by atoms with Crippen LogP contribution in [0, 0.1) is 0 Å². The van der Waals surface area contributed by atoms with Gasteiger partial charge in [0.15, 0.2) is 0 Å². The molecule has 1 heterocycles. The average molecular weight is 363 g/mol. The molecule has 1 aliphatic rings. The second kappa shape index (κ2) is 7.76. The minimum Gasteiger partial charge on any atom is -0.340 e. The van der Waals surface area contributed by atoms with E-state index in [9.17, 15) is 0 Å². The second-order valence-corrected chi connectivity index (χ2v) is 7.35. The molecular formula is C20H21N5S. The third kappa shape index (κ3) is 4.33. The van der Waals surface area contributed by atoms with Gasteiger partial charge in [0.1, 0.15) is 18.0 Å². The highest BCUT2D eigenvalue weighted by atomic mass is 32.2. The molecule has 0 saturated heterocycles. The minimum absolute atomic E-state index is 0.753. The molecule has 0 atom stereocenters. The van der Waals surface area contributed by atoms with Gasteiger partial charge in [0.25, 0.3) is 0 Å². The van der Waals surface area contributed by atoms with E-state index in [0.29, 0.717) is 0 Å². The summed E-state index contributed by atoms with van der Waals surface area (Å²) < 4.78 is 3.08. The lowest BCUT2D eigenvalue weighted by atomic mass is 10.1. The van der Waals surface area contributed by atoms with Crippen molar-refractivity contribution in [3.63, 3.8) is 0 Å². The zero-order valence-electron chi connectivity index (χ0n) is 14.6. The maximum atomic E-state index is 4.32. The number of benzene rings is 2. The first kappa shape index (κ1) is 16.9. The van der Waals surface area contributed by atoms with Crippen LogP contribution in [-0.4, -0.2) is 17.0 Å². The van der Waals surface area contributed by atoms with Crippen LogP contribution in [0.5, 0.6) is 0 Å². The number of hydrogen-bond acceptors (Lipinski definition) is 6. The Kier molecular flexibility index (Phi) is 5.04. The quantitative estimate of drug-likeness (QED) is 0.510. The smallest absolute Gasteiger partial charge is 0.135 e. The van der Waals surface area contributed by atoms with Crippen molar-refractivity contribution in [1.82, 2.24) is 14.7 Å².